The van der Waals surface area contributed by atoms with E-state index in [1.165, 1.54) is 4.90 Å². The number of carbonyl (C=O) groups is 2. The van der Waals surface area contributed by atoms with Gasteiger partial charge in [0.2, 0.25) is 0 Å². The molecule has 0 unspecified atom stereocenters. The summed E-state index contributed by atoms with van der Waals surface area (Å²) in [6.45, 7) is 0.674. The molecule has 0 bridgehead atoms. The Kier molecular flexibility index (Phi) is 2.98. The zero-order chi connectivity index (χ0) is 11.5. The van der Waals surface area contributed by atoms with Crippen molar-refractivity contribution in [2.45, 2.75) is 6.42 Å². The van der Waals surface area contributed by atoms with Gasteiger partial charge in [-0.2, -0.15) is 0 Å². The Morgan fingerprint density at radius 1 is 1.12 bits per heavy atom. The maximum Gasteiger partial charge on any atom is 0.261 e. The molecule has 1 heterocycles. The predicted octanol–water partition coefficient (Wildman–Crippen LogP) is 0.652. The summed E-state index contributed by atoms with van der Waals surface area (Å²) in [5.41, 5.74) is 2.92. The standard InChI is InChI=1S/C11H12N2O3/c14-10-8-4-1-2-5-9(8)11(15)13(10)7-3-6-12-16/h1-2,4-5,12,16H,3,6-7H2. The lowest BCUT2D eigenvalue weighted by Gasteiger charge is -2.12. The minimum Gasteiger partial charge on any atom is -0.317 e. The van der Waals surface area contributed by atoms with Crippen LogP contribution in [0, 0.1) is 0 Å². The molecule has 0 saturated carbocycles. The van der Waals surface area contributed by atoms with Gasteiger partial charge in [-0.25, -0.2) is 5.48 Å². The van der Waals surface area contributed by atoms with Gasteiger partial charge in [0.1, 0.15) is 0 Å². The van der Waals surface area contributed by atoms with Crippen LogP contribution in [0.4, 0.5) is 0 Å². The Morgan fingerprint density at radius 3 is 2.19 bits per heavy atom. The van der Waals surface area contributed by atoms with E-state index in [1.807, 2.05) is 5.48 Å². The first kappa shape index (κ1) is 10.8. The van der Waals surface area contributed by atoms with Crippen LogP contribution in [0.5, 0.6) is 0 Å². The highest BCUT2D eigenvalue weighted by Crippen LogP contribution is 2.22. The zero-order valence-electron chi connectivity index (χ0n) is 8.64. The summed E-state index contributed by atoms with van der Waals surface area (Å²) in [6, 6.07) is 6.78. The summed E-state index contributed by atoms with van der Waals surface area (Å²) < 4.78 is 0. The molecule has 5 heteroatoms. The smallest absolute Gasteiger partial charge is 0.261 e. The van der Waals surface area contributed by atoms with Crippen molar-refractivity contribution in [2.24, 2.45) is 0 Å². The molecule has 1 aliphatic heterocycles. The molecule has 16 heavy (non-hydrogen) atoms. The van der Waals surface area contributed by atoms with E-state index in [0.29, 0.717) is 30.6 Å². The number of amides is 2. The zero-order valence-corrected chi connectivity index (χ0v) is 8.64. The molecule has 0 fully saturated rings. The minimum atomic E-state index is -0.251. The van der Waals surface area contributed by atoms with Crippen molar-refractivity contribution in [1.82, 2.24) is 10.4 Å². The summed E-state index contributed by atoms with van der Waals surface area (Å²) in [4.78, 5) is 24.9. The second-order valence-electron chi connectivity index (χ2n) is 3.57. The normalized spacial score (nSPS) is 14.4. The second kappa shape index (κ2) is 4.42. The number of rotatable bonds is 4. The number of nitrogens with one attached hydrogen (secondary N) is 1. The molecule has 2 amide bonds. The first-order valence-electron chi connectivity index (χ1n) is 5.08. The van der Waals surface area contributed by atoms with Gasteiger partial charge in [0.25, 0.3) is 11.8 Å². The molecule has 5 nitrogen and oxygen atoms in total. The van der Waals surface area contributed by atoms with Crippen LogP contribution in [-0.2, 0) is 0 Å². The van der Waals surface area contributed by atoms with Crippen molar-refractivity contribution < 1.29 is 14.8 Å². The third kappa shape index (κ3) is 1.70. The molecule has 84 valence electrons. The fraction of sp³-hybridized carbons (Fsp3) is 0.273. The van der Waals surface area contributed by atoms with Gasteiger partial charge in [0.05, 0.1) is 11.1 Å². The van der Waals surface area contributed by atoms with Gasteiger partial charge in [0, 0.05) is 13.1 Å². The molecule has 1 aliphatic rings. The number of nitrogens with zero attached hydrogens (tertiary/aromatic N) is 1. The highest BCUT2D eigenvalue weighted by molar-refractivity contribution is 6.21. The van der Waals surface area contributed by atoms with Crippen LogP contribution in [0.2, 0.25) is 0 Å². The van der Waals surface area contributed by atoms with Crippen LogP contribution in [0.15, 0.2) is 24.3 Å². The molecular formula is C11H12N2O3. The molecule has 1 aromatic carbocycles. The highest BCUT2D eigenvalue weighted by atomic mass is 16.5. The van der Waals surface area contributed by atoms with Crippen LogP contribution in [0.1, 0.15) is 27.1 Å². The van der Waals surface area contributed by atoms with Crippen LogP contribution in [0.3, 0.4) is 0 Å². The number of fused-ring (bicyclic) bond motifs is 1. The highest BCUT2D eigenvalue weighted by Gasteiger charge is 2.34. The summed E-state index contributed by atoms with van der Waals surface area (Å²) in [7, 11) is 0. The average molecular weight is 220 g/mol. The molecule has 0 aliphatic carbocycles. The predicted molar refractivity (Wildman–Crippen MR) is 56.2 cm³/mol. The van der Waals surface area contributed by atoms with Gasteiger partial charge in [-0.15, -0.1) is 0 Å². The van der Waals surface area contributed by atoms with Gasteiger partial charge in [-0.1, -0.05) is 12.1 Å². The maximum atomic E-state index is 11.8. The summed E-state index contributed by atoms with van der Waals surface area (Å²) in [5.74, 6) is -0.503. The number of hydrogen-bond donors (Lipinski definition) is 2. The second-order valence-corrected chi connectivity index (χ2v) is 3.57. The molecular weight excluding hydrogens is 208 g/mol. The van der Waals surface area contributed by atoms with E-state index in [0.717, 1.165) is 0 Å². The molecule has 0 spiro atoms. The van der Waals surface area contributed by atoms with Crippen LogP contribution in [-0.4, -0.2) is 35.0 Å². The van der Waals surface area contributed by atoms with Crippen molar-refractivity contribution in [3.8, 4) is 0 Å². The first-order valence-corrected chi connectivity index (χ1v) is 5.08. The lowest BCUT2D eigenvalue weighted by Crippen LogP contribution is -2.32. The van der Waals surface area contributed by atoms with E-state index in [-0.39, 0.29) is 11.8 Å². The molecule has 0 aromatic heterocycles. The lowest BCUT2D eigenvalue weighted by molar-refractivity contribution is 0.0644. The average Bonchev–Trinajstić information content (AvgIpc) is 2.55. The fourth-order valence-corrected chi connectivity index (χ4v) is 1.76. The minimum absolute atomic E-state index is 0.251. The fourth-order valence-electron chi connectivity index (χ4n) is 1.76. The molecule has 1 aromatic rings. The van der Waals surface area contributed by atoms with Crippen molar-refractivity contribution in [3.63, 3.8) is 0 Å². The van der Waals surface area contributed by atoms with Crippen molar-refractivity contribution in [1.29, 1.82) is 0 Å². The first-order chi connectivity index (χ1) is 7.75. The summed E-state index contributed by atoms with van der Waals surface area (Å²) >= 11 is 0. The van der Waals surface area contributed by atoms with Gasteiger partial charge in [-0.3, -0.25) is 14.5 Å². The largest absolute Gasteiger partial charge is 0.317 e. The number of hydroxylamine groups is 1. The SMILES string of the molecule is O=C1c2ccccc2C(=O)N1CCCNO. The van der Waals surface area contributed by atoms with E-state index in [9.17, 15) is 9.59 Å². The quantitative estimate of drug-likeness (QED) is 0.444. The van der Waals surface area contributed by atoms with Gasteiger partial charge >= 0.3 is 0 Å². The van der Waals surface area contributed by atoms with E-state index in [1.54, 1.807) is 24.3 Å². The van der Waals surface area contributed by atoms with Gasteiger partial charge in [-0.05, 0) is 18.6 Å². The number of carbonyl (C=O) groups excluding carboxylic acids is 2. The Hall–Kier alpha value is -1.72. The van der Waals surface area contributed by atoms with E-state index in [2.05, 4.69) is 0 Å². The molecule has 0 saturated heterocycles. The van der Waals surface area contributed by atoms with Crippen molar-refractivity contribution in [3.05, 3.63) is 35.4 Å². The Labute approximate surface area is 92.6 Å². The molecule has 0 atom stereocenters. The van der Waals surface area contributed by atoms with E-state index < -0.39 is 0 Å². The molecule has 2 rings (SSSR count). The monoisotopic (exact) mass is 220 g/mol. The van der Waals surface area contributed by atoms with E-state index >= 15 is 0 Å². The third-order valence-corrected chi connectivity index (χ3v) is 2.55. The third-order valence-electron chi connectivity index (χ3n) is 2.55. The number of imide groups is 1. The maximum absolute atomic E-state index is 11.8. The summed E-state index contributed by atoms with van der Waals surface area (Å²) in [6.07, 6.45) is 0.530. The van der Waals surface area contributed by atoms with Crippen LogP contribution >= 0.6 is 0 Å². The summed E-state index contributed by atoms with van der Waals surface area (Å²) in [5, 5.41) is 8.41. The number of benzene rings is 1. The topological polar surface area (TPSA) is 69.6 Å². The van der Waals surface area contributed by atoms with Crippen molar-refractivity contribution >= 4 is 11.8 Å². The Bertz CT molecular complexity index is 396. The Balaban J connectivity index is 2.15. The van der Waals surface area contributed by atoms with Gasteiger partial charge in [0.15, 0.2) is 0 Å². The van der Waals surface area contributed by atoms with E-state index in [4.69, 9.17) is 5.21 Å². The molecule has 0 radical (unpaired) electrons. The van der Waals surface area contributed by atoms with Crippen molar-refractivity contribution in [2.75, 3.05) is 13.1 Å². The molecule has 2 N–H and O–H groups in total. The van der Waals surface area contributed by atoms with Gasteiger partial charge < -0.3 is 5.21 Å². The number of hydrogen-bond acceptors (Lipinski definition) is 4. The van der Waals surface area contributed by atoms with Crippen LogP contribution in [0.25, 0.3) is 0 Å². The lowest BCUT2D eigenvalue weighted by atomic mass is 10.1. The Morgan fingerprint density at radius 2 is 1.69 bits per heavy atom. The van der Waals surface area contributed by atoms with Crippen LogP contribution < -0.4 is 5.48 Å².